The van der Waals surface area contributed by atoms with Gasteiger partial charge in [0.15, 0.2) is 0 Å². The number of aromatic nitrogens is 1. The Kier molecular flexibility index (Phi) is 5.12. The number of nitrogens with zero attached hydrogens (tertiary/aromatic N) is 2. The van der Waals surface area contributed by atoms with Gasteiger partial charge in [-0.25, -0.2) is 4.98 Å². The Morgan fingerprint density at radius 2 is 1.79 bits per heavy atom. The summed E-state index contributed by atoms with van der Waals surface area (Å²) < 4.78 is 0. The summed E-state index contributed by atoms with van der Waals surface area (Å²) in [6.07, 6.45) is 0.818. The van der Waals surface area contributed by atoms with Gasteiger partial charge < -0.3 is 10.2 Å². The first-order valence-corrected chi connectivity index (χ1v) is 9.75. The molecule has 146 valence electrons. The van der Waals surface area contributed by atoms with Crippen molar-refractivity contribution in [1.29, 1.82) is 0 Å². The molecule has 0 spiro atoms. The van der Waals surface area contributed by atoms with Crippen LogP contribution in [-0.2, 0) is 13.0 Å². The molecule has 0 saturated heterocycles. The topological polar surface area (TPSA) is 62.3 Å². The molecule has 5 heteroatoms. The van der Waals surface area contributed by atoms with Gasteiger partial charge in [-0.2, -0.15) is 0 Å². The Bertz CT molecular complexity index is 1080. The summed E-state index contributed by atoms with van der Waals surface area (Å²) in [7, 11) is 0. The zero-order valence-corrected chi connectivity index (χ0v) is 16.6. The summed E-state index contributed by atoms with van der Waals surface area (Å²) in [6, 6.07) is 20.9. The van der Waals surface area contributed by atoms with E-state index in [9.17, 15) is 9.59 Å². The van der Waals surface area contributed by atoms with Crippen LogP contribution in [0.2, 0.25) is 0 Å². The van der Waals surface area contributed by atoms with Gasteiger partial charge in [0.25, 0.3) is 11.8 Å². The molecule has 0 bridgehead atoms. The first-order valence-electron chi connectivity index (χ1n) is 9.75. The third-order valence-corrected chi connectivity index (χ3v) is 5.16. The lowest BCUT2D eigenvalue weighted by atomic mass is 10.1. The molecule has 1 aliphatic heterocycles. The average Bonchev–Trinajstić information content (AvgIpc) is 3.07. The molecule has 0 saturated carbocycles. The second-order valence-corrected chi connectivity index (χ2v) is 7.44. The molecular weight excluding hydrogens is 362 g/mol. The van der Waals surface area contributed by atoms with Crippen LogP contribution >= 0.6 is 0 Å². The van der Waals surface area contributed by atoms with Gasteiger partial charge in [0, 0.05) is 18.3 Å². The molecule has 0 aliphatic carbocycles. The summed E-state index contributed by atoms with van der Waals surface area (Å²) in [5.74, 6) is -0.480. The maximum Gasteiger partial charge on any atom is 0.277 e. The van der Waals surface area contributed by atoms with E-state index in [2.05, 4.69) is 10.3 Å². The maximum absolute atomic E-state index is 13.1. The largest absolute Gasteiger partial charge is 0.347 e. The van der Waals surface area contributed by atoms with E-state index in [0.29, 0.717) is 6.54 Å². The van der Waals surface area contributed by atoms with Crippen LogP contribution in [0.15, 0.2) is 66.7 Å². The summed E-state index contributed by atoms with van der Waals surface area (Å²) in [6.45, 7) is 4.45. The van der Waals surface area contributed by atoms with Crippen LogP contribution in [0.3, 0.4) is 0 Å². The third kappa shape index (κ3) is 3.90. The Morgan fingerprint density at radius 1 is 1.03 bits per heavy atom. The normalized spacial score (nSPS) is 15.1. The number of pyridine rings is 1. The van der Waals surface area contributed by atoms with Gasteiger partial charge in [-0.15, -0.1) is 0 Å². The highest BCUT2D eigenvalue weighted by Gasteiger charge is 2.32. The van der Waals surface area contributed by atoms with E-state index in [1.165, 1.54) is 0 Å². The fourth-order valence-corrected chi connectivity index (χ4v) is 3.77. The molecule has 5 nitrogen and oxygen atoms in total. The number of amides is 2. The first kappa shape index (κ1) is 18.9. The van der Waals surface area contributed by atoms with Crippen molar-refractivity contribution in [1.82, 2.24) is 10.3 Å². The van der Waals surface area contributed by atoms with Gasteiger partial charge in [-0.05, 0) is 49.6 Å². The number of hydrogen-bond donors (Lipinski definition) is 1. The van der Waals surface area contributed by atoms with Gasteiger partial charge >= 0.3 is 0 Å². The number of aryl methyl sites for hydroxylation is 1. The molecule has 1 atom stereocenters. The SMILES string of the molecule is Cc1cccc(CNC(=O)c2cccc(C(=O)N3c4ccccc4CC3C)n2)c1. The summed E-state index contributed by atoms with van der Waals surface area (Å²) in [5.41, 5.74) is 4.75. The molecule has 4 rings (SSSR count). The average molecular weight is 385 g/mol. The fourth-order valence-electron chi connectivity index (χ4n) is 3.77. The lowest BCUT2D eigenvalue weighted by Gasteiger charge is -2.22. The van der Waals surface area contributed by atoms with Crippen molar-refractivity contribution in [2.75, 3.05) is 4.90 Å². The van der Waals surface area contributed by atoms with Gasteiger partial charge in [-0.3, -0.25) is 9.59 Å². The second kappa shape index (κ2) is 7.87. The summed E-state index contributed by atoms with van der Waals surface area (Å²) >= 11 is 0. The predicted octanol–water partition coefficient (Wildman–Crippen LogP) is 3.91. The number of carbonyl (C=O) groups excluding carboxylic acids is 2. The molecule has 0 fully saturated rings. The summed E-state index contributed by atoms with van der Waals surface area (Å²) in [5, 5.41) is 2.88. The van der Waals surface area contributed by atoms with Gasteiger partial charge in [0.2, 0.25) is 0 Å². The second-order valence-electron chi connectivity index (χ2n) is 7.44. The minimum absolute atomic E-state index is 0.0560. The van der Waals surface area contributed by atoms with Gasteiger partial charge in [-0.1, -0.05) is 54.1 Å². The summed E-state index contributed by atoms with van der Waals surface area (Å²) in [4.78, 5) is 31.8. The molecule has 0 radical (unpaired) electrons. The lowest BCUT2D eigenvalue weighted by molar-refractivity contribution is 0.0945. The Labute approximate surface area is 170 Å². The highest BCUT2D eigenvalue weighted by Crippen LogP contribution is 2.32. The number of rotatable bonds is 4. The quantitative estimate of drug-likeness (QED) is 0.741. The zero-order chi connectivity index (χ0) is 20.4. The molecule has 29 heavy (non-hydrogen) atoms. The maximum atomic E-state index is 13.1. The molecule has 2 aromatic carbocycles. The van der Waals surface area contributed by atoms with Crippen molar-refractivity contribution in [3.63, 3.8) is 0 Å². The Morgan fingerprint density at radius 3 is 2.62 bits per heavy atom. The highest BCUT2D eigenvalue weighted by atomic mass is 16.2. The Balaban J connectivity index is 1.51. The van der Waals surface area contributed by atoms with Crippen LogP contribution in [0, 0.1) is 6.92 Å². The van der Waals surface area contributed by atoms with E-state index >= 15 is 0 Å². The van der Waals surface area contributed by atoms with Crippen LogP contribution in [0.25, 0.3) is 0 Å². The number of para-hydroxylation sites is 1. The molecule has 3 aromatic rings. The fraction of sp³-hybridized carbons (Fsp3) is 0.208. The Hall–Kier alpha value is -3.47. The standard InChI is InChI=1S/C24H23N3O2/c1-16-7-5-8-18(13-16)15-25-23(28)20-10-6-11-21(26-20)24(29)27-17(2)14-19-9-3-4-12-22(19)27/h3-13,17H,14-15H2,1-2H3,(H,25,28). The third-order valence-electron chi connectivity index (χ3n) is 5.16. The van der Waals surface area contributed by atoms with E-state index in [4.69, 9.17) is 0 Å². The van der Waals surface area contributed by atoms with Crippen LogP contribution in [0.5, 0.6) is 0 Å². The van der Waals surface area contributed by atoms with Gasteiger partial charge in [0.1, 0.15) is 11.4 Å². The highest BCUT2D eigenvalue weighted by molar-refractivity contribution is 6.07. The van der Waals surface area contributed by atoms with Crippen molar-refractivity contribution in [3.05, 3.63) is 94.8 Å². The first-order chi connectivity index (χ1) is 14.0. The number of carbonyl (C=O) groups is 2. The van der Waals surface area contributed by atoms with E-state index in [0.717, 1.165) is 28.8 Å². The van der Waals surface area contributed by atoms with E-state index in [1.54, 1.807) is 23.1 Å². The molecule has 2 amide bonds. The molecular formula is C24H23N3O2. The van der Waals surface area contributed by atoms with Crippen molar-refractivity contribution in [2.24, 2.45) is 0 Å². The number of anilines is 1. The van der Waals surface area contributed by atoms with Crippen molar-refractivity contribution < 1.29 is 9.59 Å². The van der Waals surface area contributed by atoms with E-state index in [1.807, 2.05) is 62.4 Å². The molecule has 1 N–H and O–H groups in total. The van der Waals surface area contributed by atoms with Crippen LogP contribution in [0.4, 0.5) is 5.69 Å². The van der Waals surface area contributed by atoms with Crippen LogP contribution in [-0.4, -0.2) is 22.8 Å². The van der Waals surface area contributed by atoms with Crippen molar-refractivity contribution in [3.8, 4) is 0 Å². The minimum atomic E-state index is -0.295. The van der Waals surface area contributed by atoms with E-state index < -0.39 is 0 Å². The minimum Gasteiger partial charge on any atom is -0.347 e. The number of nitrogens with one attached hydrogen (secondary N) is 1. The number of fused-ring (bicyclic) bond motifs is 1. The number of benzene rings is 2. The van der Waals surface area contributed by atoms with Crippen LogP contribution < -0.4 is 10.2 Å². The van der Waals surface area contributed by atoms with E-state index in [-0.39, 0.29) is 29.2 Å². The van der Waals surface area contributed by atoms with Crippen molar-refractivity contribution >= 4 is 17.5 Å². The number of hydrogen-bond acceptors (Lipinski definition) is 3. The smallest absolute Gasteiger partial charge is 0.277 e. The predicted molar refractivity (Wildman–Crippen MR) is 113 cm³/mol. The monoisotopic (exact) mass is 385 g/mol. The molecule has 2 heterocycles. The van der Waals surface area contributed by atoms with Crippen LogP contribution in [0.1, 0.15) is 44.6 Å². The van der Waals surface area contributed by atoms with Crippen molar-refractivity contribution in [2.45, 2.75) is 32.9 Å². The molecule has 1 aliphatic rings. The zero-order valence-electron chi connectivity index (χ0n) is 16.6. The lowest BCUT2D eigenvalue weighted by Crippen LogP contribution is -2.36. The van der Waals surface area contributed by atoms with Gasteiger partial charge in [0.05, 0.1) is 0 Å². The molecule has 1 aromatic heterocycles. The molecule has 1 unspecified atom stereocenters.